The van der Waals surface area contributed by atoms with Crippen molar-refractivity contribution in [3.05, 3.63) is 17.5 Å². The van der Waals surface area contributed by atoms with Gasteiger partial charge in [0.15, 0.2) is 0 Å². The number of aryl methyl sites for hydroxylation is 1. The van der Waals surface area contributed by atoms with Gasteiger partial charge in [0.2, 0.25) is 5.95 Å². The molecule has 1 aromatic rings. The average molecular weight is 292 g/mol. The Balaban J connectivity index is 2.05. The fourth-order valence-corrected chi connectivity index (χ4v) is 2.42. The lowest BCUT2D eigenvalue weighted by Gasteiger charge is -2.19. The summed E-state index contributed by atoms with van der Waals surface area (Å²) in [5.41, 5.74) is 1.22. The van der Waals surface area contributed by atoms with Crippen LogP contribution in [-0.4, -0.2) is 48.2 Å². The summed E-state index contributed by atoms with van der Waals surface area (Å²) in [6.07, 6.45) is 2.21. The zero-order valence-corrected chi connectivity index (χ0v) is 13.1. The number of nitrogens with zero attached hydrogens (tertiary/aromatic N) is 3. The summed E-state index contributed by atoms with van der Waals surface area (Å²) in [6.45, 7) is 8.94. The number of nitrogens with one attached hydrogen (secondary N) is 1. The number of carbonyl (C=O) groups excluding carboxylic acids is 1. The third-order valence-electron chi connectivity index (χ3n) is 3.64. The van der Waals surface area contributed by atoms with E-state index in [4.69, 9.17) is 4.74 Å². The molecule has 0 spiro atoms. The number of carbonyl (C=O) groups is 1. The molecule has 1 fully saturated rings. The zero-order chi connectivity index (χ0) is 15.2. The van der Waals surface area contributed by atoms with Crippen LogP contribution < -0.4 is 10.2 Å². The summed E-state index contributed by atoms with van der Waals surface area (Å²) in [7, 11) is 0. The van der Waals surface area contributed by atoms with Gasteiger partial charge in [-0.3, -0.25) is 4.79 Å². The van der Waals surface area contributed by atoms with Gasteiger partial charge in [0.1, 0.15) is 5.69 Å². The van der Waals surface area contributed by atoms with E-state index in [1.165, 1.54) is 0 Å². The molecule has 2 heterocycles. The molecule has 2 rings (SSSR count). The summed E-state index contributed by atoms with van der Waals surface area (Å²) in [5.74, 6) is 0.451. The minimum absolute atomic E-state index is 0.138. The smallest absolute Gasteiger partial charge is 0.270 e. The van der Waals surface area contributed by atoms with E-state index in [9.17, 15) is 4.79 Å². The first-order valence-corrected chi connectivity index (χ1v) is 7.64. The second-order valence-electron chi connectivity index (χ2n) is 5.21. The number of hydrogen-bond donors (Lipinski definition) is 1. The van der Waals surface area contributed by atoms with Crippen LogP contribution in [0.25, 0.3) is 0 Å². The summed E-state index contributed by atoms with van der Waals surface area (Å²) in [6, 6.07) is 1.72. The lowest BCUT2D eigenvalue weighted by atomic mass is 10.2. The highest BCUT2D eigenvalue weighted by Crippen LogP contribution is 2.12. The second-order valence-corrected chi connectivity index (χ2v) is 5.21. The summed E-state index contributed by atoms with van der Waals surface area (Å²) >= 11 is 0. The Bertz CT molecular complexity index is 483. The van der Waals surface area contributed by atoms with E-state index in [1.54, 1.807) is 6.07 Å². The average Bonchev–Trinajstić information content (AvgIpc) is 2.99. The third kappa shape index (κ3) is 4.14. The van der Waals surface area contributed by atoms with Crippen molar-refractivity contribution in [1.82, 2.24) is 15.3 Å². The van der Waals surface area contributed by atoms with Crippen LogP contribution >= 0.6 is 0 Å². The molecule has 1 aromatic heterocycles. The van der Waals surface area contributed by atoms with E-state index in [0.717, 1.165) is 38.2 Å². The third-order valence-corrected chi connectivity index (χ3v) is 3.64. The minimum atomic E-state index is -0.163. The quantitative estimate of drug-likeness (QED) is 0.861. The molecule has 1 saturated heterocycles. The predicted molar refractivity (Wildman–Crippen MR) is 81.6 cm³/mol. The van der Waals surface area contributed by atoms with Gasteiger partial charge < -0.3 is 15.0 Å². The van der Waals surface area contributed by atoms with Gasteiger partial charge in [-0.2, -0.15) is 0 Å². The highest BCUT2D eigenvalue weighted by Gasteiger charge is 2.18. The van der Waals surface area contributed by atoms with Crippen molar-refractivity contribution in [3.8, 4) is 0 Å². The molecule has 0 saturated carbocycles. The van der Waals surface area contributed by atoms with Crippen LogP contribution in [0.4, 0.5) is 5.95 Å². The second kappa shape index (κ2) is 7.36. The van der Waals surface area contributed by atoms with Gasteiger partial charge in [-0.05, 0) is 39.7 Å². The maximum Gasteiger partial charge on any atom is 0.270 e. The number of hydrogen-bond acceptors (Lipinski definition) is 5. The number of ether oxygens (including phenoxy) is 1. The predicted octanol–water partition coefficient (Wildman–Crippen LogP) is 1.54. The van der Waals surface area contributed by atoms with Gasteiger partial charge in [-0.15, -0.1) is 0 Å². The van der Waals surface area contributed by atoms with E-state index >= 15 is 0 Å². The maximum atomic E-state index is 12.2. The van der Waals surface area contributed by atoms with Crippen molar-refractivity contribution < 1.29 is 9.53 Å². The number of anilines is 1. The van der Waals surface area contributed by atoms with Crippen LogP contribution in [0.15, 0.2) is 6.07 Å². The van der Waals surface area contributed by atoms with Crippen molar-refractivity contribution in [2.75, 3.05) is 31.1 Å². The SMILES string of the molecule is CCN(CC)c1nc(C)cc(C(=O)NC[C@@H]2CCCO2)n1. The number of amides is 1. The first kappa shape index (κ1) is 15.7. The first-order chi connectivity index (χ1) is 10.1. The van der Waals surface area contributed by atoms with Gasteiger partial charge in [0.25, 0.3) is 5.91 Å². The molecule has 0 unspecified atom stereocenters. The highest BCUT2D eigenvalue weighted by molar-refractivity contribution is 5.92. The van der Waals surface area contributed by atoms with E-state index in [0.29, 0.717) is 18.2 Å². The Morgan fingerprint density at radius 2 is 2.19 bits per heavy atom. The lowest BCUT2D eigenvalue weighted by Crippen LogP contribution is -2.33. The molecule has 0 aliphatic carbocycles. The van der Waals surface area contributed by atoms with Gasteiger partial charge in [-0.1, -0.05) is 0 Å². The summed E-state index contributed by atoms with van der Waals surface area (Å²) < 4.78 is 5.50. The van der Waals surface area contributed by atoms with Crippen LogP contribution in [0, 0.1) is 6.92 Å². The van der Waals surface area contributed by atoms with Gasteiger partial charge in [0, 0.05) is 31.9 Å². The molecule has 1 atom stereocenters. The van der Waals surface area contributed by atoms with Gasteiger partial charge in [-0.25, -0.2) is 9.97 Å². The Labute approximate surface area is 125 Å². The number of aromatic nitrogens is 2. The Morgan fingerprint density at radius 1 is 1.43 bits per heavy atom. The van der Waals surface area contributed by atoms with Crippen molar-refractivity contribution in [1.29, 1.82) is 0 Å². The largest absolute Gasteiger partial charge is 0.376 e. The molecule has 1 aliphatic heterocycles. The van der Waals surface area contributed by atoms with Crippen molar-refractivity contribution in [2.45, 2.75) is 39.7 Å². The summed E-state index contributed by atoms with van der Waals surface area (Å²) in [4.78, 5) is 23.0. The molecule has 1 aliphatic rings. The molecular formula is C15H24N4O2. The van der Waals surface area contributed by atoms with Crippen molar-refractivity contribution in [3.63, 3.8) is 0 Å². The van der Waals surface area contributed by atoms with Crippen LogP contribution in [0.1, 0.15) is 42.9 Å². The zero-order valence-electron chi connectivity index (χ0n) is 13.1. The van der Waals surface area contributed by atoms with Crippen LogP contribution in [0.5, 0.6) is 0 Å². The minimum Gasteiger partial charge on any atom is -0.376 e. The lowest BCUT2D eigenvalue weighted by molar-refractivity contribution is 0.0853. The Hall–Kier alpha value is -1.69. The van der Waals surface area contributed by atoms with Crippen molar-refractivity contribution >= 4 is 11.9 Å². The topological polar surface area (TPSA) is 67.4 Å². The van der Waals surface area contributed by atoms with Gasteiger partial charge in [0.05, 0.1) is 6.10 Å². The molecule has 116 valence electrons. The Kier molecular flexibility index (Phi) is 5.50. The van der Waals surface area contributed by atoms with E-state index in [1.807, 2.05) is 25.7 Å². The van der Waals surface area contributed by atoms with Crippen LogP contribution in [0.2, 0.25) is 0 Å². The van der Waals surface area contributed by atoms with Gasteiger partial charge >= 0.3 is 0 Å². The maximum absolute atomic E-state index is 12.2. The van der Waals surface area contributed by atoms with Crippen molar-refractivity contribution in [2.24, 2.45) is 0 Å². The fraction of sp³-hybridized carbons (Fsp3) is 0.667. The number of rotatable bonds is 6. The molecule has 0 bridgehead atoms. The fourth-order valence-electron chi connectivity index (χ4n) is 2.42. The highest BCUT2D eigenvalue weighted by atomic mass is 16.5. The van der Waals surface area contributed by atoms with E-state index < -0.39 is 0 Å². The normalized spacial score (nSPS) is 17.8. The molecule has 21 heavy (non-hydrogen) atoms. The molecule has 0 aromatic carbocycles. The van der Waals surface area contributed by atoms with E-state index in [2.05, 4.69) is 15.3 Å². The van der Waals surface area contributed by atoms with Crippen LogP contribution in [0.3, 0.4) is 0 Å². The Morgan fingerprint density at radius 3 is 2.81 bits per heavy atom. The molecule has 6 nitrogen and oxygen atoms in total. The standard InChI is InChI=1S/C15H24N4O2/c1-4-19(5-2)15-17-11(3)9-13(18-15)14(20)16-10-12-7-6-8-21-12/h9,12H,4-8,10H2,1-3H3,(H,16,20)/t12-/m0/s1. The van der Waals surface area contributed by atoms with E-state index in [-0.39, 0.29) is 12.0 Å². The molecule has 0 radical (unpaired) electrons. The molecule has 6 heteroatoms. The summed E-state index contributed by atoms with van der Waals surface area (Å²) in [5, 5.41) is 2.90. The monoisotopic (exact) mass is 292 g/mol. The molecule has 1 amide bonds. The molecular weight excluding hydrogens is 268 g/mol. The molecule has 1 N–H and O–H groups in total. The first-order valence-electron chi connectivity index (χ1n) is 7.64. The van der Waals surface area contributed by atoms with Crippen LogP contribution in [-0.2, 0) is 4.74 Å².